The fourth-order valence-electron chi connectivity index (χ4n) is 3.39. The molecular weight excluding hydrogens is 472 g/mol. The van der Waals surface area contributed by atoms with Gasteiger partial charge in [0.05, 0.1) is 19.8 Å². The lowest BCUT2D eigenvalue weighted by atomic mass is 9.98. The zero-order valence-corrected chi connectivity index (χ0v) is 17.7. The summed E-state index contributed by atoms with van der Waals surface area (Å²) in [6.45, 7) is -2.13. The van der Waals surface area contributed by atoms with Gasteiger partial charge < -0.3 is 79.9 Å². The highest BCUT2D eigenvalue weighted by Gasteiger charge is 2.47. The van der Waals surface area contributed by atoms with Crippen molar-refractivity contribution in [2.24, 2.45) is 0 Å². The first-order valence-electron chi connectivity index (χ1n) is 10.4. The van der Waals surface area contributed by atoms with Crippen LogP contribution < -0.4 is 0 Å². The maximum absolute atomic E-state index is 10.5. The summed E-state index contributed by atoms with van der Waals surface area (Å²) in [5.74, 6) is 0. The third-order valence-electron chi connectivity index (χ3n) is 5.61. The fourth-order valence-corrected chi connectivity index (χ4v) is 3.39. The number of hydrogen-bond donors (Lipinski definition) is 11. The van der Waals surface area contributed by atoms with E-state index in [1.54, 1.807) is 0 Å². The predicted molar refractivity (Wildman–Crippen MR) is 102 cm³/mol. The second-order valence-corrected chi connectivity index (χ2v) is 8.05. The van der Waals surface area contributed by atoms with Crippen LogP contribution >= 0.6 is 0 Å². The molecule has 0 aromatic rings. The van der Waals surface area contributed by atoms with Gasteiger partial charge in [-0.05, 0) is 0 Å². The molecule has 16 nitrogen and oxygen atoms in total. The number of hydrogen-bond acceptors (Lipinski definition) is 16. The molecule has 2 rings (SSSR count). The molecule has 0 spiro atoms. The molecule has 200 valence electrons. The van der Waals surface area contributed by atoms with Gasteiger partial charge in [-0.3, -0.25) is 0 Å². The molecule has 0 aromatic carbocycles. The van der Waals surface area contributed by atoms with Gasteiger partial charge >= 0.3 is 0 Å². The summed E-state index contributed by atoms with van der Waals surface area (Å²) in [6, 6.07) is 0. The topological polar surface area (TPSA) is 277 Å². The van der Waals surface area contributed by atoms with Crippen LogP contribution in [0, 0.1) is 0 Å². The van der Waals surface area contributed by atoms with Crippen molar-refractivity contribution in [1.82, 2.24) is 0 Å². The van der Waals surface area contributed by atoms with Gasteiger partial charge in [0, 0.05) is 0 Å². The fraction of sp³-hybridized carbons (Fsp3) is 0.944. The van der Waals surface area contributed by atoms with Crippen molar-refractivity contribution in [2.45, 2.75) is 85.8 Å². The van der Waals surface area contributed by atoms with Crippen LogP contribution in [0.4, 0.5) is 0 Å². The number of aliphatic hydroxyl groups excluding tert-OH is 11. The van der Waals surface area contributed by atoms with E-state index in [1.807, 2.05) is 0 Å². The van der Waals surface area contributed by atoms with Crippen molar-refractivity contribution in [3.8, 4) is 0 Å². The molecule has 0 saturated carbocycles. The standard InChI is InChI=1S/C18H32O16/c19-1-5(21)9(23)10(24)6(22)3-31-17-16(30)14(28)12(26)8(34-17)4-32-18-15(29)13(27)11(25)7(2-20)33-18/h1,5-18,20-30H,2-4H2. The molecule has 2 aliphatic heterocycles. The molecule has 2 aliphatic rings. The molecule has 0 amide bonds. The lowest BCUT2D eigenvalue weighted by Crippen LogP contribution is -2.62. The van der Waals surface area contributed by atoms with Gasteiger partial charge in [0.15, 0.2) is 18.9 Å². The summed E-state index contributed by atoms with van der Waals surface area (Å²) in [7, 11) is 0. The van der Waals surface area contributed by atoms with E-state index in [9.17, 15) is 61.0 Å². The Kier molecular flexibility index (Phi) is 11.1. The Hall–Kier alpha value is -0.930. The third-order valence-corrected chi connectivity index (χ3v) is 5.61. The van der Waals surface area contributed by atoms with Gasteiger partial charge in [0.1, 0.15) is 73.2 Å². The Morgan fingerprint density at radius 3 is 1.74 bits per heavy atom. The molecule has 0 aliphatic carbocycles. The first kappa shape index (κ1) is 29.3. The number of aliphatic hydroxyl groups is 11. The molecule has 2 heterocycles. The van der Waals surface area contributed by atoms with Crippen LogP contribution in [0.5, 0.6) is 0 Å². The maximum atomic E-state index is 10.5. The van der Waals surface area contributed by atoms with E-state index in [0.29, 0.717) is 0 Å². The van der Waals surface area contributed by atoms with Crippen molar-refractivity contribution >= 4 is 6.29 Å². The monoisotopic (exact) mass is 504 g/mol. The number of aldehydes is 1. The largest absolute Gasteiger partial charge is 0.394 e. The Morgan fingerprint density at radius 2 is 1.21 bits per heavy atom. The van der Waals surface area contributed by atoms with Gasteiger partial charge in [0.25, 0.3) is 0 Å². The van der Waals surface area contributed by atoms with E-state index >= 15 is 0 Å². The quantitative estimate of drug-likeness (QED) is 0.117. The van der Waals surface area contributed by atoms with Crippen LogP contribution in [-0.4, -0.2) is 168 Å². The number of carbonyl (C=O) groups is 1. The second-order valence-electron chi connectivity index (χ2n) is 8.05. The summed E-state index contributed by atoms with van der Waals surface area (Å²) in [5, 5.41) is 107. The highest BCUT2D eigenvalue weighted by molar-refractivity contribution is 5.56. The second kappa shape index (κ2) is 12.9. The van der Waals surface area contributed by atoms with Gasteiger partial charge in [-0.25, -0.2) is 0 Å². The minimum absolute atomic E-state index is 0.0623. The molecule has 14 atom stereocenters. The minimum Gasteiger partial charge on any atom is -0.394 e. The Bertz CT molecular complexity index is 623. The molecule has 2 fully saturated rings. The zero-order valence-electron chi connectivity index (χ0n) is 17.7. The minimum atomic E-state index is -2.04. The first-order valence-corrected chi connectivity index (χ1v) is 10.4. The van der Waals surface area contributed by atoms with E-state index in [1.165, 1.54) is 0 Å². The van der Waals surface area contributed by atoms with E-state index in [0.717, 1.165) is 0 Å². The SMILES string of the molecule is O=CC(O)C(O)C(O)C(O)COC1OC(COC2OC(CO)C(O)C(O)C2O)C(O)C(O)C1O. The summed E-state index contributed by atoms with van der Waals surface area (Å²) in [6.07, 6.45) is -24.4. The van der Waals surface area contributed by atoms with Crippen LogP contribution in [-0.2, 0) is 23.7 Å². The van der Waals surface area contributed by atoms with Crippen molar-refractivity contribution in [3.63, 3.8) is 0 Å². The maximum Gasteiger partial charge on any atom is 0.186 e. The normalized spacial score (nSPS) is 42.6. The average Bonchev–Trinajstić information content (AvgIpc) is 2.84. The van der Waals surface area contributed by atoms with Crippen molar-refractivity contribution in [3.05, 3.63) is 0 Å². The number of ether oxygens (including phenoxy) is 4. The first-order chi connectivity index (χ1) is 15.9. The van der Waals surface area contributed by atoms with E-state index in [2.05, 4.69) is 0 Å². The van der Waals surface area contributed by atoms with E-state index in [4.69, 9.17) is 18.9 Å². The summed E-state index contributed by atoms with van der Waals surface area (Å²) in [4.78, 5) is 10.5. The molecular formula is C18H32O16. The number of carbonyl (C=O) groups excluding carboxylic acids is 1. The van der Waals surface area contributed by atoms with Gasteiger partial charge in [-0.1, -0.05) is 0 Å². The van der Waals surface area contributed by atoms with Crippen LogP contribution in [0.1, 0.15) is 0 Å². The molecule has 34 heavy (non-hydrogen) atoms. The van der Waals surface area contributed by atoms with Crippen LogP contribution in [0.25, 0.3) is 0 Å². The van der Waals surface area contributed by atoms with Crippen molar-refractivity contribution in [1.29, 1.82) is 0 Å². The summed E-state index contributed by atoms with van der Waals surface area (Å²) < 4.78 is 20.8. The van der Waals surface area contributed by atoms with Crippen LogP contribution in [0.15, 0.2) is 0 Å². The Morgan fingerprint density at radius 1 is 0.706 bits per heavy atom. The van der Waals surface area contributed by atoms with E-state index < -0.39 is 106 Å². The van der Waals surface area contributed by atoms with Gasteiger partial charge in [0.2, 0.25) is 0 Å². The molecule has 0 bridgehead atoms. The molecule has 0 radical (unpaired) electrons. The van der Waals surface area contributed by atoms with Crippen LogP contribution in [0.3, 0.4) is 0 Å². The number of rotatable bonds is 11. The molecule has 11 N–H and O–H groups in total. The zero-order chi connectivity index (χ0) is 25.7. The predicted octanol–water partition coefficient (Wildman–Crippen LogP) is -7.73. The van der Waals surface area contributed by atoms with Gasteiger partial charge in [-0.2, -0.15) is 0 Å². The molecule has 16 heteroatoms. The lowest BCUT2D eigenvalue weighted by molar-refractivity contribution is -0.333. The van der Waals surface area contributed by atoms with E-state index in [-0.39, 0.29) is 6.29 Å². The third kappa shape index (κ3) is 6.64. The Labute approximate surface area is 192 Å². The molecule has 14 unspecified atom stereocenters. The van der Waals surface area contributed by atoms with Crippen molar-refractivity contribution in [2.75, 3.05) is 19.8 Å². The Balaban J connectivity index is 1.96. The molecule has 2 saturated heterocycles. The molecule has 0 aromatic heterocycles. The highest BCUT2D eigenvalue weighted by Crippen LogP contribution is 2.26. The van der Waals surface area contributed by atoms with Crippen molar-refractivity contribution < 1.29 is 79.9 Å². The average molecular weight is 504 g/mol. The van der Waals surface area contributed by atoms with Gasteiger partial charge in [-0.15, -0.1) is 0 Å². The highest BCUT2D eigenvalue weighted by atomic mass is 16.7. The summed E-state index contributed by atoms with van der Waals surface area (Å²) >= 11 is 0. The summed E-state index contributed by atoms with van der Waals surface area (Å²) in [5.41, 5.74) is 0. The smallest absolute Gasteiger partial charge is 0.186 e. The lowest BCUT2D eigenvalue weighted by Gasteiger charge is -2.42. The van der Waals surface area contributed by atoms with Crippen LogP contribution in [0.2, 0.25) is 0 Å².